The summed E-state index contributed by atoms with van der Waals surface area (Å²) in [5.41, 5.74) is 2.51. The number of benzene rings is 3. The summed E-state index contributed by atoms with van der Waals surface area (Å²) < 4.78 is 46.0. The molecule has 6 nitrogen and oxygen atoms in total. The molecule has 0 atom stereocenters. The van der Waals surface area contributed by atoms with Crippen molar-refractivity contribution >= 4 is 27.4 Å². The highest BCUT2D eigenvalue weighted by atomic mass is 32.2. The van der Waals surface area contributed by atoms with Crippen LogP contribution in [0.3, 0.4) is 0 Å². The van der Waals surface area contributed by atoms with Gasteiger partial charge in [0.25, 0.3) is 10.0 Å². The molecule has 0 aliphatic heterocycles. The van der Waals surface area contributed by atoms with Gasteiger partial charge in [-0.1, -0.05) is 24.3 Å². The molecule has 0 aliphatic rings. The van der Waals surface area contributed by atoms with Crippen LogP contribution in [0, 0.1) is 5.82 Å². The minimum atomic E-state index is -4.09. The molecule has 31 heavy (non-hydrogen) atoms. The minimum absolute atomic E-state index is 0.00918. The molecule has 162 valence electrons. The highest BCUT2D eigenvalue weighted by Crippen LogP contribution is 2.28. The molecular weight excluding hydrogens is 419 g/mol. The van der Waals surface area contributed by atoms with E-state index in [0.29, 0.717) is 16.8 Å². The second-order valence-corrected chi connectivity index (χ2v) is 8.90. The fourth-order valence-electron chi connectivity index (χ4n) is 3.02. The molecule has 3 aromatic rings. The molecule has 0 fully saturated rings. The molecule has 0 amide bonds. The first-order chi connectivity index (χ1) is 14.7. The zero-order chi connectivity index (χ0) is 22.6. The van der Waals surface area contributed by atoms with E-state index in [4.69, 9.17) is 4.74 Å². The van der Waals surface area contributed by atoms with Crippen LogP contribution in [0.4, 0.5) is 15.8 Å². The van der Waals surface area contributed by atoms with Gasteiger partial charge in [0.05, 0.1) is 17.7 Å². The molecule has 0 aliphatic carbocycles. The van der Waals surface area contributed by atoms with Crippen molar-refractivity contribution in [2.45, 2.75) is 4.90 Å². The standard InChI is InChI=1S/C23H23FN2O4S/c1-25(2)20-11-13-21(14-12-20)26(16-23(27)30-3)31(28,29)22-6-4-5-18(15-22)17-7-9-19(24)10-8-17/h4-15H,16H2,1-3H3. The monoisotopic (exact) mass is 442 g/mol. The zero-order valence-corrected chi connectivity index (χ0v) is 18.3. The molecule has 0 unspecified atom stereocenters. The third-order valence-corrected chi connectivity index (χ3v) is 6.52. The number of nitrogens with zero attached hydrogens (tertiary/aromatic N) is 2. The van der Waals surface area contributed by atoms with Crippen LogP contribution in [-0.4, -0.2) is 42.1 Å². The van der Waals surface area contributed by atoms with Gasteiger partial charge in [-0.3, -0.25) is 9.10 Å². The lowest BCUT2D eigenvalue weighted by molar-refractivity contribution is -0.138. The second kappa shape index (κ2) is 9.18. The van der Waals surface area contributed by atoms with E-state index in [0.717, 1.165) is 9.99 Å². The first kappa shape index (κ1) is 22.3. The van der Waals surface area contributed by atoms with Gasteiger partial charge in [-0.25, -0.2) is 12.8 Å². The molecule has 3 aromatic carbocycles. The largest absolute Gasteiger partial charge is 0.468 e. The van der Waals surface area contributed by atoms with Gasteiger partial charge in [0.2, 0.25) is 0 Å². The van der Waals surface area contributed by atoms with Gasteiger partial charge in [0.15, 0.2) is 0 Å². The van der Waals surface area contributed by atoms with Crippen LogP contribution in [0.1, 0.15) is 0 Å². The first-order valence-electron chi connectivity index (χ1n) is 9.45. The summed E-state index contributed by atoms with van der Waals surface area (Å²) in [5.74, 6) is -1.06. The molecular formula is C23H23FN2O4S. The van der Waals surface area contributed by atoms with Crippen LogP contribution in [0.5, 0.6) is 0 Å². The summed E-state index contributed by atoms with van der Waals surface area (Å²) in [6.45, 7) is -0.471. The Morgan fingerprint density at radius 2 is 1.52 bits per heavy atom. The average molecular weight is 443 g/mol. The lowest BCUT2D eigenvalue weighted by atomic mass is 10.1. The maximum absolute atomic E-state index is 13.5. The molecule has 3 rings (SSSR count). The number of esters is 1. The number of anilines is 2. The van der Waals surface area contributed by atoms with E-state index in [1.165, 1.54) is 31.4 Å². The fourth-order valence-corrected chi connectivity index (χ4v) is 4.48. The summed E-state index contributed by atoms with van der Waals surface area (Å²) in [4.78, 5) is 13.9. The Morgan fingerprint density at radius 1 is 0.903 bits per heavy atom. The number of halogens is 1. The Morgan fingerprint density at radius 3 is 2.10 bits per heavy atom. The van der Waals surface area contributed by atoms with Crippen molar-refractivity contribution in [2.75, 3.05) is 37.0 Å². The molecule has 0 N–H and O–H groups in total. The van der Waals surface area contributed by atoms with Crippen molar-refractivity contribution in [3.8, 4) is 11.1 Å². The highest BCUT2D eigenvalue weighted by molar-refractivity contribution is 7.92. The molecule has 0 saturated carbocycles. The fraction of sp³-hybridized carbons (Fsp3) is 0.174. The van der Waals surface area contributed by atoms with Gasteiger partial charge in [0.1, 0.15) is 12.4 Å². The maximum atomic E-state index is 13.5. The summed E-state index contributed by atoms with van der Waals surface area (Å²) in [6.07, 6.45) is 0. The predicted octanol–water partition coefficient (Wildman–Crippen LogP) is 3.93. The van der Waals surface area contributed by atoms with Crippen molar-refractivity contribution in [3.63, 3.8) is 0 Å². The predicted molar refractivity (Wildman–Crippen MR) is 119 cm³/mol. The summed E-state index contributed by atoms with van der Waals surface area (Å²) in [7, 11) is 0.867. The Hall–Kier alpha value is -3.39. The molecule has 0 saturated heterocycles. The highest BCUT2D eigenvalue weighted by Gasteiger charge is 2.28. The molecule has 0 aromatic heterocycles. The van der Waals surface area contributed by atoms with Crippen molar-refractivity contribution in [2.24, 2.45) is 0 Å². The van der Waals surface area contributed by atoms with Crippen LogP contribution in [0.15, 0.2) is 77.7 Å². The normalized spacial score (nSPS) is 11.1. The lowest BCUT2D eigenvalue weighted by Gasteiger charge is -2.24. The number of hydrogen-bond donors (Lipinski definition) is 0. The first-order valence-corrected chi connectivity index (χ1v) is 10.9. The van der Waals surface area contributed by atoms with E-state index in [-0.39, 0.29) is 10.7 Å². The number of rotatable bonds is 7. The van der Waals surface area contributed by atoms with Crippen molar-refractivity contribution in [3.05, 3.63) is 78.6 Å². The Bertz CT molecular complexity index is 1160. The van der Waals surface area contributed by atoms with Gasteiger partial charge in [-0.15, -0.1) is 0 Å². The topological polar surface area (TPSA) is 66.9 Å². The van der Waals surface area contributed by atoms with E-state index in [2.05, 4.69) is 0 Å². The molecule has 0 spiro atoms. The molecule has 0 radical (unpaired) electrons. The van der Waals surface area contributed by atoms with E-state index in [1.54, 1.807) is 48.5 Å². The second-order valence-electron chi connectivity index (χ2n) is 7.03. The minimum Gasteiger partial charge on any atom is -0.468 e. The smallest absolute Gasteiger partial charge is 0.326 e. The number of ether oxygens (including phenoxy) is 1. The van der Waals surface area contributed by atoms with Gasteiger partial charge in [-0.05, 0) is 59.7 Å². The van der Waals surface area contributed by atoms with Crippen LogP contribution in [0.2, 0.25) is 0 Å². The van der Waals surface area contributed by atoms with Crippen LogP contribution >= 0.6 is 0 Å². The number of carbonyl (C=O) groups is 1. The van der Waals surface area contributed by atoms with Crippen molar-refractivity contribution in [1.82, 2.24) is 0 Å². The molecule has 8 heteroatoms. The quantitative estimate of drug-likeness (QED) is 0.519. The number of hydrogen-bond acceptors (Lipinski definition) is 5. The lowest BCUT2D eigenvalue weighted by Crippen LogP contribution is -2.36. The zero-order valence-electron chi connectivity index (χ0n) is 17.4. The summed E-state index contributed by atoms with van der Waals surface area (Å²) >= 11 is 0. The SMILES string of the molecule is COC(=O)CN(c1ccc(N(C)C)cc1)S(=O)(=O)c1cccc(-c2ccc(F)cc2)c1. The molecule has 0 heterocycles. The Kier molecular flexibility index (Phi) is 6.60. The van der Waals surface area contributed by atoms with Gasteiger partial charge >= 0.3 is 5.97 Å². The van der Waals surface area contributed by atoms with E-state index < -0.39 is 22.5 Å². The van der Waals surface area contributed by atoms with E-state index in [9.17, 15) is 17.6 Å². The Balaban J connectivity index is 2.04. The average Bonchev–Trinajstić information content (AvgIpc) is 2.77. The summed E-state index contributed by atoms with van der Waals surface area (Å²) in [6, 6.07) is 18.9. The summed E-state index contributed by atoms with van der Waals surface area (Å²) in [5, 5.41) is 0. The van der Waals surface area contributed by atoms with Crippen LogP contribution < -0.4 is 9.21 Å². The Labute approximate surface area is 181 Å². The number of carbonyl (C=O) groups excluding carboxylic acids is 1. The third kappa shape index (κ3) is 5.03. The van der Waals surface area contributed by atoms with Crippen molar-refractivity contribution < 1.29 is 22.3 Å². The van der Waals surface area contributed by atoms with E-state index >= 15 is 0 Å². The van der Waals surface area contributed by atoms with E-state index in [1.807, 2.05) is 19.0 Å². The van der Waals surface area contributed by atoms with Crippen molar-refractivity contribution in [1.29, 1.82) is 0 Å². The third-order valence-electron chi connectivity index (χ3n) is 4.75. The number of methoxy groups -OCH3 is 1. The van der Waals surface area contributed by atoms with Crippen LogP contribution in [-0.2, 0) is 19.6 Å². The van der Waals surface area contributed by atoms with Gasteiger partial charge in [-0.2, -0.15) is 0 Å². The molecule has 0 bridgehead atoms. The maximum Gasteiger partial charge on any atom is 0.326 e. The van der Waals surface area contributed by atoms with Gasteiger partial charge in [0, 0.05) is 19.8 Å². The van der Waals surface area contributed by atoms with Crippen LogP contribution in [0.25, 0.3) is 11.1 Å². The number of sulfonamides is 1. The van der Waals surface area contributed by atoms with Gasteiger partial charge < -0.3 is 9.64 Å².